The van der Waals surface area contributed by atoms with Gasteiger partial charge in [-0.1, -0.05) is 54.6 Å². The minimum Gasteiger partial charge on any atom is -0.462 e. The molecule has 0 aliphatic heterocycles. The molecule has 3 heteroatoms. The lowest BCUT2D eigenvalue weighted by atomic mass is 9.96. The third-order valence-corrected chi connectivity index (χ3v) is 3.93. The number of aliphatic hydroxyl groups is 1. The number of hydrogen-bond acceptors (Lipinski definition) is 3. The summed E-state index contributed by atoms with van der Waals surface area (Å²) < 4.78 is 5.13. The Bertz CT molecular complexity index is 714. The second-order valence-electron chi connectivity index (χ2n) is 6.03. The van der Waals surface area contributed by atoms with Crippen LogP contribution in [0.4, 0.5) is 0 Å². The zero-order valence-electron chi connectivity index (χ0n) is 14.3. The fourth-order valence-corrected chi connectivity index (χ4v) is 2.49. The number of rotatable bonds is 7. The second kappa shape index (κ2) is 8.46. The van der Waals surface area contributed by atoms with Gasteiger partial charge in [0.1, 0.15) is 0 Å². The summed E-state index contributed by atoms with van der Waals surface area (Å²) in [7, 11) is 0. The average Bonchev–Trinajstić information content (AvgIpc) is 2.59. The molecule has 126 valence electrons. The van der Waals surface area contributed by atoms with E-state index in [1.807, 2.05) is 12.1 Å². The van der Waals surface area contributed by atoms with Gasteiger partial charge >= 0.3 is 5.97 Å². The lowest BCUT2D eigenvalue weighted by Gasteiger charge is -2.11. The maximum Gasteiger partial charge on any atom is 0.333 e. The lowest BCUT2D eigenvalue weighted by molar-refractivity contribution is -0.139. The van der Waals surface area contributed by atoms with Crippen LogP contribution in [-0.4, -0.2) is 17.7 Å². The Morgan fingerprint density at radius 3 is 2.38 bits per heavy atom. The number of aryl methyl sites for hydroxylation is 2. The standard InChI is InChI=1S/C21H24O3/c1-15(2)21(23)24-12-4-5-18-13-19(10-11-20(18)14-22)17-8-6-16(3)7-9-17/h6-11,13,22H,1,4-5,12,14H2,2-3H3. The predicted octanol–water partition coefficient (Wildman–Crippen LogP) is 4.21. The molecule has 0 saturated carbocycles. The molecule has 0 atom stereocenters. The van der Waals surface area contributed by atoms with Gasteiger partial charge in [0.15, 0.2) is 0 Å². The van der Waals surface area contributed by atoms with Crippen LogP contribution in [0.2, 0.25) is 0 Å². The maximum atomic E-state index is 11.4. The van der Waals surface area contributed by atoms with Crippen LogP contribution in [0.3, 0.4) is 0 Å². The minimum atomic E-state index is -0.356. The van der Waals surface area contributed by atoms with E-state index in [2.05, 4.69) is 43.8 Å². The Morgan fingerprint density at radius 2 is 1.75 bits per heavy atom. The van der Waals surface area contributed by atoms with Crippen molar-refractivity contribution in [3.05, 3.63) is 71.3 Å². The van der Waals surface area contributed by atoms with Gasteiger partial charge in [0.05, 0.1) is 13.2 Å². The highest BCUT2D eigenvalue weighted by atomic mass is 16.5. The molecule has 0 radical (unpaired) electrons. The van der Waals surface area contributed by atoms with Crippen molar-refractivity contribution in [3.63, 3.8) is 0 Å². The molecule has 2 rings (SSSR count). The van der Waals surface area contributed by atoms with Crippen LogP contribution in [0.15, 0.2) is 54.6 Å². The van der Waals surface area contributed by atoms with Crippen LogP contribution in [0, 0.1) is 6.92 Å². The van der Waals surface area contributed by atoms with E-state index in [4.69, 9.17) is 4.74 Å². The lowest BCUT2D eigenvalue weighted by Crippen LogP contribution is -2.07. The summed E-state index contributed by atoms with van der Waals surface area (Å²) in [5.74, 6) is -0.356. The van der Waals surface area contributed by atoms with Gasteiger partial charge in [-0.2, -0.15) is 0 Å². The molecule has 0 aromatic heterocycles. The Hall–Kier alpha value is -2.39. The van der Waals surface area contributed by atoms with Crippen LogP contribution in [0.1, 0.15) is 30.0 Å². The molecular formula is C21H24O3. The second-order valence-corrected chi connectivity index (χ2v) is 6.03. The van der Waals surface area contributed by atoms with Crippen LogP contribution in [-0.2, 0) is 22.6 Å². The zero-order chi connectivity index (χ0) is 17.5. The molecule has 0 heterocycles. The first-order valence-electron chi connectivity index (χ1n) is 8.13. The van der Waals surface area contributed by atoms with Gasteiger partial charge in [0.25, 0.3) is 0 Å². The number of carbonyl (C=O) groups is 1. The average molecular weight is 324 g/mol. The minimum absolute atomic E-state index is 0.00899. The molecule has 0 bridgehead atoms. The quantitative estimate of drug-likeness (QED) is 0.471. The SMILES string of the molecule is C=C(C)C(=O)OCCCc1cc(-c2ccc(C)cc2)ccc1CO. The van der Waals surface area contributed by atoms with Gasteiger partial charge in [-0.15, -0.1) is 0 Å². The highest BCUT2D eigenvalue weighted by molar-refractivity contribution is 5.86. The fraction of sp³-hybridized carbons (Fsp3) is 0.286. The molecular weight excluding hydrogens is 300 g/mol. The molecule has 0 spiro atoms. The fourth-order valence-electron chi connectivity index (χ4n) is 2.49. The van der Waals surface area contributed by atoms with E-state index in [9.17, 15) is 9.90 Å². The molecule has 2 aromatic carbocycles. The maximum absolute atomic E-state index is 11.4. The highest BCUT2D eigenvalue weighted by Crippen LogP contribution is 2.24. The number of esters is 1. The van der Waals surface area contributed by atoms with Crippen molar-refractivity contribution < 1.29 is 14.6 Å². The number of carbonyl (C=O) groups excluding carboxylic acids is 1. The molecule has 0 unspecified atom stereocenters. The van der Waals surface area contributed by atoms with E-state index in [-0.39, 0.29) is 12.6 Å². The van der Waals surface area contributed by atoms with E-state index >= 15 is 0 Å². The largest absolute Gasteiger partial charge is 0.462 e. The van der Waals surface area contributed by atoms with Crippen LogP contribution in [0.25, 0.3) is 11.1 Å². The third-order valence-electron chi connectivity index (χ3n) is 3.93. The smallest absolute Gasteiger partial charge is 0.333 e. The van der Waals surface area contributed by atoms with Crippen molar-refractivity contribution in [2.24, 2.45) is 0 Å². The number of ether oxygens (including phenoxy) is 1. The zero-order valence-corrected chi connectivity index (χ0v) is 14.3. The van der Waals surface area contributed by atoms with Crippen LogP contribution < -0.4 is 0 Å². The highest BCUT2D eigenvalue weighted by Gasteiger charge is 2.07. The van der Waals surface area contributed by atoms with Gasteiger partial charge in [-0.3, -0.25) is 0 Å². The molecule has 1 N–H and O–H groups in total. The summed E-state index contributed by atoms with van der Waals surface area (Å²) in [4.78, 5) is 11.4. The van der Waals surface area contributed by atoms with Crippen molar-refractivity contribution in [1.29, 1.82) is 0 Å². The molecule has 3 nitrogen and oxygen atoms in total. The summed E-state index contributed by atoms with van der Waals surface area (Å²) in [5, 5.41) is 9.54. The Labute approximate surface area is 143 Å². The van der Waals surface area contributed by atoms with Crippen molar-refractivity contribution in [1.82, 2.24) is 0 Å². The summed E-state index contributed by atoms with van der Waals surface area (Å²) in [5.41, 5.74) is 5.91. The number of aliphatic hydroxyl groups excluding tert-OH is 1. The van der Waals surface area contributed by atoms with E-state index in [1.165, 1.54) is 5.56 Å². The van der Waals surface area contributed by atoms with E-state index < -0.39 is 0 Å². The first-order chi connectivity index (χ1) is 11.5. The monoisotopic (exact) mass is 324 g/mol. The van der Waals surface area contributed by atoms with Crippen molar-refractivity contribution in [3.8, 4) is 11.1 Å². The summed E-state index contributed by atoms with van der Waals surface area (Å²) in [6.45, 7) is 7.63. The number of benzene rings is 2. The summed E-state index contributed by atoms with van der Waals surface area (Å²) >= 11 is 0. The Morgan fingerprint density at radius 1 is 1.08 bits per heavy atom. The van der Waals surface area contributed by atoms with Gasteiger partial charge < -0.3 is 9.84 Å². The van der Waals surface area contributed by atoms with Crippen molar-refractivity contribution in [2.45, 2.75) is 33.3 Å². The van der Waals surface area contributed by atoms with Gasteiger partial charge in [-0.25, -0.2) is 4.79 Å². The van der Waals surface area contributed by atoms with E-state index in [0.717, 1.165) is 28.7 Å². The molecule has 0 aliphatic rings. The third kappa shape index (κ3) is 4.80. The van der Waals surface area contributed by atoms with E-state index in [1.54, 1.807) is 6.92 Å². The van der Waals surface area contributed by atoms with Crippen LogP contribution >= 0.6 is 0 Å². The normalized spacial score (nSPS) is 10.5. The predicted molar refractivity (Wildman–Crippen MR) is 96.6 cm³/mol. The van der Waals surface area contributed by atoms with Gasteiger partial charge in [0, 0.05) is 5.57 Å². The van der Waals surface area contributed by atoms with Crippen molar-refractivity contribution in [2.75, 3.05) is 6.61 Å². The molecule has 0 saturated heterocycles. The molecule has 0 fully saturated rings. The summed E-state index contributed by atoms with van der Waals surface area (Å²) in [6, 6.07) is 14.5. The molecule has 2 aromatic rings. The van der Waals surface area contributed by atoms with Gasteiger partial charge in [-0.05, 0) is 48.9 Å². The topological polar surface area (TPSA) is 46.5 Å². The van der Waals surface area contributed by atoms with E-state index in [0.29, 0.717) is 18.6 Å². The van der Waals surface area contributed by atoms with Gasteiger partial charge in [0.2, 0.25) is 0 Å². The Balaban J connectivity index is 2.07. The molecule has 24 heavy (non-hydrogen) atoms. The summed E-state index contributed by atoms with van der Waals surface area (Å²) in [6.07, 6.45) is 1.46. The number of hydrogen-bond donors (Lipinski definition) is 1. The first kappa shape index (κ1) is 18.0. The van der Waals surface area contributed by atoms with Crippen molar-refractivity contribution >= 4 is 5.97 Å². The van der Waals surface area contributed by atoms with Crippen LogP contribution in [0.5, 0.6) is 0 Å². The molecule has 0 amide bonds. The Kier molecular flexibility index (Phi) is 6.33. The first-order valence-corrected chi connectivity index (χ1v) is 8.13. The molecule has 0 aliphatic carbocycles.